The van der Waals surface area contributed by atoms with Crippen molar-refractivity contribution < 1.29 is 22.7 Å². The number of rotatable bonds is 7. The lowest BCUT2D eigenvalue weighted by Gasteiger charge is -2.28. The molecule has 1 fully saturated rings. The number of allylic oxidation sites excluding steroid dienone is 2. The van der Waals surface area contributed by atoms with Crippen LogP contribution in [0.3, 0.4) is 0 Å². The van der Waals surface area contributed by atoms with Crippen LogP contribution in [-0.2, 0) is 4.79 Å². The monoisotopic (exact) mass is 410 g/mol. The molecule has 1 aliphatic heterocycles. The first kappa shape index (κ1) is 21.7. The number of carbonyl (C=O) groups excluding carboxylic acids is 1. The number of nitrogens with one attached hydrogen (secondary N) is 1. The van der Waals surface area contributed by atoms with Gasteiger partial charge in [0.05, 0.1) is 13.2 Å². The van der Waals surface area contributed by atoms with Crippen LogP contribution in [0, 0.1) is 17.7 Å². The number of benzene rings is 1. The fraction of sp³-hybridized carbons (Fsp3) is 0.591. The fourth-order valence-corrected chi connectivity index (χ4v) is 3.91. The predicted molar refractivity (Wildman–Crippen MR) is 106 cm³/mol. The third-order valence-corrected chi connectivity index (χ3v) is 5.83. The largest absolute Gasteiger partial charge is 0.490 e. The van der Waals surface area contributed by atoms with Gasteiger partial charge in [-0.2, -0.15) is 0 Å². The number of amides is 1. The maximum Gasteiger partial charge on any atom is 0.255 e. The number of alkyl halides is 2. The van der Waals surface area contributed by atoms with Gasteiger partial charge in [-0.1, -0.05) is 12.1 Å². The third-order valence-electron chi connectivity index (χ3n) is 5.83. The summed E-state index contributed by atoms with van der Waals surface area (Å²) >= 11 is 0. The molecule has 0 bridgehead atoms. The van der Waals surface area contributed by atoms with Gasteiger partial charge in [0.25, 0.3) is 6.43 Å². The Kier molecular flexibility index (Phi) is 7.58. The van der Waals surface area contributed by atoms with Gasteiger partial charge in [0, 0.05) is 5.92 Å². The second-order valence-corrected chi connectivity index (χ2v) is 8.04. The number of likely N-dealkylation sites (tertiary alicyclic amines) is 1. The Morgan fingerprint density at radius 1 is 1.28 bits per heavy atom. The topological polar surface area (TPSA) is 41.6 Å². The molecular formula is C22H29F3N2O2. The molecule has 3 rings (SSSR count). The molecule has 160 valence electrons. The van der Waals surface area contributed by atoms with E-state index in [1.165, 1.54) is 6.07 Å². The first-order valence-corrected chi connectivity index (χ1v) is 10.3. The molecule has 1 amide bonds. The highest BCUT2D eigenvalue weighted by atomic mass is 19.3. The van der Waals surface area contributed by atoms with E-state index in [4.69, 9.17) is 4.74 Å². The molecule has 1 N–H and O–H groups in total. The molecule has 1 heterocycles. The molecule has 1 aromatic rings. The van der Waals surface area contributed by atoms with Crippen molar-refractivity contribution in [1.82, 2.24) is 10.2 Å². The summed E-state index contributed by atoms with van der Waals surface area (Å²) in [5.74, 6) is -0.301. The van der Waals surface area contributed by atoms with Crippen molar-refractivity contribution in [2.75, 3.05) is 33.3 Å². The van der Waals surface area contributed by atoms with E-state index in [0.29, 0.717) is 31.8 Å². The zero-order chi connectivity index (χ0) is 20.8. The summed E-state index contributed by atoms with van der Waals surface area (Å²) < 4.78 is 44.7. The van der Waals surface area contributed by atoms with Gasteiger partial charge in [-0.05, 0) is 81.4 Å². The van der Waals surface area contributed by atoms with Crippen LogP contribution in [0.1, 0.15) is 37.7 Å². The van der Waals surface area contributed by atoms with Crippen LogP contribution in [0.5, 0.6) is 5.75 Å². The Balaban J connectivity index is 1.52. The summed E-state index contributed by atoms with van der Waals surface area (Å²) in [4.78, 5) is 14.2. The molecule has 1 aliphatic carbocycles. The van der Waals surface area contributed by atoms with Gasteiger partial charge in [0.15, 0.2) is 11.6 Å². The van der Waals surface area contributed by atoms with E-state index in [1.54, 1.807) is 6.07 Å². The number of ether oxygens (including phenoxy) is 1. The number of hydrogen-bond acceptors (Lipinski definition) is 3. The van der Waals surface area contributed by atoms with Crippen LogP contribution in [0.25, 0.3) is 5.57 Å². The first-order valence-electron chi connectivity index (χ1n) is 10.3. The molecule has 7 heteroatoms. The molecule has 0 aromatic heterocycles. The Morgan fingerprint density at radius 3 is 2.66 bits per heavy atom. The molecule has 0 radical (unpaired) electrons. The molecule has 1 atom stereocenters. The van der Waals surface area contributed by atoms with Crippen LogP contribution in [-0.4, -0.2) is 50.5 Å². The van der Waals surface area contributed by atoms with E-state index in [9.17, 15) is 18.0 Å². The number of nitrogens with zero attached hydrogens (tertiary/aromatic N) is 1. The van der Waals surface area contributed by atoms with Gasteiger partial charge >= 0.3 is 0 Å². The van der Waals surface area contributed by atoms with E-state index in [2.05, 4.69) is 17.3 Å². The van der Waals surface area contributed by atoms with Gasteiger partial charge in [0.1, 0.15) is 0 Å². The summed E-state index contributed by atoms with van der Waals surface area (Å²) in [6.45, 7) is 2.01. The molecule has 29 heavy (non-hydrogen) atoms. The van der Waals surface area contributed by atoms with E-state index < -0.39 is 13.0 Å². The van der Waals surface area contributed by atoms with E-state index in [-0.39, 0.29) is 23.4 Å². The summed E-state index contributed by atoms with van der Waals surface area (Å²) in [6.07, 6.45) is 3.14. The molecule has 0 saturated carbocycles. The molecule has 0 spiro atoms. The van der Waals surface area contributed by atoms with Crippen molar-refractivity contribution in [1.29, 1.82) is 0 Å². The lowest BCUT2D eigenvalue weighted by Crippen LogP contribution is -2.34. The number of hydrogen-bond donors (Lipinski definition) is 1. The van der Waals surface area contributed by atoms with E-state index in [1.807, 2.05) is 12.1 Å². The molecule has 1 unspecified atom stereocenters. The van der Waals surface area contributed by atoms with Crippen molar-refractivity contribution in [2.24, 2.45) is 11.8 Å². The standard InChI is InChI=1S/C22H29F3N2O2/c1-27-10-8-15(9-11-27)14-29-20-7-6-18(12-19(20)23)16-2-4-17(5-3-16)22(28)26-13-21(24)25/h2,6-7,12,15,17,21H,3-5,8-11,13-14H2,1H3,(H,26,28). The maximum absolute atomic E-state index is 14.5. The molecular weight excluding hydrogens is 381 g/mol. The quantitative estimate of drug-likeness (QED) is 0.736. The summed E-state index contributed by atoms with van der Waals surface area (Å²) in [7, 11) is 2.10. The van der Waals surface area contributed by atoms with Gasteiger partial charge in [-0.15, -0.1) is 0 Å². The lowest BCUT2D eigenvalue weighted by atomic mass is 9.86. The Bertz CT molecular complexity index is 731. The highest BCUT2D eigenvalue weighted by Crippen LogP contribution is 2.32. The van der Waals surface area contributed by atoms with Crippen molar-refractivity contribution in [3.8, 4) is 5.75 Å². The molecule has 4 nitrogen and oxygen atoms in total. The zero-order valence-electron chi connectivity index (χ0n) is 16.8. The summed E-state index contributed by atoms with van der Waals surface area (Å²) in [5.41, 5.74) is 1.75. The van der Waals surface area contributed by atoms with Crippen LogP contribution in [0.15, 0.2) is 24.3 Å². The van der Waals surface area contributed by atoms with Crippen molar-refractivity contribution in [3.05, 3.63) is 35.7 Å². The van der Waals surface area contributed by atoms with Crippen LogP contribution < -0.4 is 10.1 Å². The van der Waals surface area contributed by atoms with Gasteiger partial charge < -0.3 is 15.0 Å². The fourth-order valence-electron chi connectivity index (χ4n) is 3.91. The number of carbonyl (C=O) groups is 1. The Hall–Kier alpha value is -2.02. The average molecular weight is 410 g/mol. The maximum atomic E-state index is 14.5. The molecule has 1 saturated heterocycles. The predicted octanol–water partition coefficient (Wildman–Crippen LogP) is 4.11. The minimum Gasteiger partial charge on any atom is -0.490 e. The molecule has 1 aromatic carbocycles. The summed E-state index contributed by atoms with van der Waals surface area (Å²) in [5, 5.41) is 2.27. The van der Waals surface area contributed by atoms with Crippen molar-refractivity contribution in [2.45, 2.75) is 38.5 Å². The van der Waals surface area contributed by atoms with Crippen molar-refractivity contribution >= 4 is 11.5 Å². The lowest BCUT2D eigenvalue weighted by molar-refractivity contribution is -0.125. The highest BCUT2D eigenvalue weighted by Gasteiger charge is 2.23. The van der Waals surface area contributed by atoms with Gasteiger partial charge in [0.2, 0.25) is 5.91 Å². The molecule has 2 aliphatic rings. The first-order chi connectivity index (χ1) is 13.9. The van der Waals surface area contributed by atoms with Crippen molar-refractivity contribution in [3.63, 3.8) is 0 Å². The highest BCUT2D eigenvalue weighted by molar-refractivity contribution is 5.80. The van der Waals surface area contributed by atoms with Gasteiger partial charge in [-0.3, -0.25) is 4.79 Å². The van der Waals surface area contributed by atoms with E-state index in [0.717, 1.165) is 37.1 Å². The third kappa shape index (κ3) is 6.23. The normalized spacial score (nSPS) is 21.1. The van der Waals surface area contributed by atoms with Gasteiger partial charge in [-0.25, -0.2) is 13.2 Å². The average Bonchev–Trinajstić information content (AvgIpc) is 2.72. The smallest absolute Gasteiger partial charge is 0.255 e. The number of halogens is 3. The Labute approximate surface area is 170 Å². The zero-order valence-corrected chi connectivity index (χ0v) is 16.8. The van der Waals surface area contributed by atoms with E-state index >= 15 is 0 Å². The van der Waals surface area contributed by atoms with Crippen LogP contribution >= 0.6 is 0 Å². The number of piperidine rings is 1. The minimum absolute atomic E-state index is 0.272. The Morgan fingerprint density at radius 2 is 2.03 bits per heavy atom. The van der Waals surface area contributed by atoms with Crippen LogP contribution in [0.4, 0.5) is 13.2 Å². The minimum atomic E-state index is -2.54. The van der Waals surface area contributed by atoms with Crippen LogP contribution in [0.2, 0.25) is 0 Å². The second kappa shape index (κ2) is 10.1. The SMILES string of the molecule is CN1CCC(COc2ccc(C3=CCC(C(=O)NCC(F)F)CC3)cc2F)CC1. The second-order valence-electron chi connectivity index (χ2n) is 8.04. The summed E-state index contributed by atoms with van der Waals surface area (Å²) in [6, 6.07) is 4.99.